The van der Waals surface area contributed by atoms with Gasteiger partial charge in [0.2, 0.25) is 5.91 Å². The maximum Gasteiger partial charge on any atom is 0.221 e. The van der Waals surface area contributed by atoms with Crippen molar-refractivity contribution >= 4 is 17.7 Å². The number of carbonyl (C=O) groups is 1. The molecule has 1 heterocycles. The average molecular weight is 437 g/mol. The van der Waals surface area contributed by atoms with Gasteiger partial charge in [0.25, 0.3) is 0 Å². The number of amides is 1. The molecule has 0 saturated carbocycles. The van der Waals surface area contributed by atoms with E-state index < -0.39 is 0 Å². The third-order valence-electron chi connectivity index (χ3n) is 4.86. The monoisotopic (exact) mass is 436 g/mol. The summed E-state index contributed by atoms with van der Waals surface area (Å²) in [5, 5.41) is 12.9. The standard InChI is InChI=1S/C25H32N4OS/c1-17-10-12-21(13-11-17)29-23(19(3)26-22(30)15-25(4,5)6)27-28-24(29)31-16-20-9-7-8-18(2)14-20/h7-14,19H,15-16H2,1-6H3,(H,26,30). The van der Waals surface area contributed by atoms with E-state index in [1.807, 2.05) is 6.92 Å². The molecule has 5 nitrogen and oxygen atoms in total. The Kier molecular flexibility index (Phi) is 7.21. The van der Waals surface area contributed by atoms with Crippen molar-refractivity contribution in [2.45, 2.75) is 64.9 Å². The molecule has 0 spiro atoms. The Morgan fingerprint density at radius 1 is 1.06 bits per heavy atom. The number of nitrogens with zero attached hydrogens (tertiary/aromatic N) is 3. The van der Waals surface area contributed by atoms with Gasteiger partial charge in [0.1, 0.15) is 0 Å². The summed E-state index contributed by atoms with van der Waals surface area (Å²) >= 11 is 1.65. The third-order valence-corrected chi connectivity index (χ3v) is 5.86. The Hall–Kier alpha value is -2.60. The molecule has 1 aromatic heterocycles. The van der Waals surface area contributed by atoms with Gasteiger partial charge in [0.05, 0.1) is 6.04 Å². The quantitative estimate of drug-likeness (QED) is 0.476. The second-order valence-electron chi connectivity index (χ2n) is 9.32. The molecule has 1 amide bonds. The summed E-state index contributed by atoms with van der Waals surface area (Å²) in [6, 6.07) is 16.5. The number of carbonyl (C=O) groups excluding carboxylic acids is 1. The highest BCUT2D eigenvalue weighted by Crippen LogP contribution is 2.28. The number of benzene rings is 2. The molecule has 0 aliphatic heterocycles. The molecule has 1 unspecified atom stereocenters. The first-order valence-electron chi connectivity index (χ1n) is 10.6. The summed E-state index contributed by atoms with van der Waals surface area (Å²) in [4.78, 5) is 12.5. The lowest BCUT2D eigenvalue weighted by Crippen LogP contribution is -2.31. The van der Waals surface area contributed by atoms with Crippen molar-refractivity contribution in [3.05, 3.63) is 71.0 Å². The highest BCUT2D eigenvalue weighted by Gasteiger charge is 2.23. The number of aromatic nitrogens is 3. The van der Waals surface area contributed by atoms with Gasteiger partial charge in [0, 0.05) is 17.9 Å². The Balaban J connectivity index is 1.88. The molecule has 2 aromatic carbocycles. The molecule has 6 heteroatoms. The Morgan fingerprint density at radius 2 is 1.77 bits per heavy atom. The zero-order valence-corrected chi connectivity index (χ0v) is 20.1. The lowest BCUT2D eigenvalue weighted by Gasteiger charge is -2.20. The molecule has 3 rings (SSSR count). The van der Waals surface area contributed by atoms with Gasteiger partial charge in [-0.05, 0) is 43.9 Å². The zero-order chi connectivity index (χ0) is 22.6. The van der Waals surface area contributed by atoms with E-state index in [0.29, 0.717) is 6.42 Å². The molecule has 0 saturated heterocycles. The van der Waals surface area contributed by atoms with Crippen LogP contribution in [0.2, 0.25) is 0 Å². The zero-order valence-electron chi connectivity index (χ0n) is 19.3. The van der Waals surface area contributed by atoms with E-state index in [1.165, 1.54) is 16.7 Å². The molecule has 31 heavy (non-hydrogen) atoms. The lowest BCUT2D eigenvalue weighted by atomic mass is 9.92. The van der Waals surface area contributed by atoms with Crippen molar-refractivity contribution in [2.24, 2.45) is 5.41 Å². The van der Waals surface area contributed by atoms with Crippen molar-refractivity contribution in [1.82, 2.24) is 20.1 Å². The molecule has 0 fully saturated rings. The summed E-state index contributed by atoms with van der Waals surface area (Å²) < 4.78 is 2.06. The second kappa shape index (κ2) is 9.69. The van der Waals surface area contributed by atoms with Gasteiger partial charge in [-0.25, -0.2) is 0 Å². The third kappa shape index (κ3) is 6.44. The number of hydrogen-bond acceptors (Lipinski definition) is 4. The fourth-order valence-corrected chi connectivity index (χ4v) is 4.28. The Morgan fingerprint density at radius 3 is 2.42 bits per heavy atom. The molecule has 0 aliphatic rings. The highest BCUT2D eigenvalue weighted by molar-refractivity contribution is 7.98. The van der Waals surface area contributed by atoms with Crippen LogP contribution in [0.4, 0.5) is 0 Å². The summed E-state index contributed by atoms with van der Waals surface area (Å²) in [7, 11) is 0. The van der Waals surface area contributed by atoms with E-state index in [2.05, 4.69) is 103 Å². The van der Waals surface area contributed by atoms with Crippen molar-refractivity contribution in [2.75, 3.05) is 0 Å². The van der Waals surface area contributed by atoms with E-state index in [4.69, 9.17) is 0 Å². The number of aryl methyl sites for hydroxylation is 2. The molecular weight excluding hydrogens is 404 g/mol. The summed E-state index contributed by atoms with van der Waals surface area (Å²) in [5.74, 6) is 1.56. The van der Waals surface area contributed by atoms with Crippen LogP contribution in [0.3, 0.4) is 0 Å². The fourth-order valence-electron chi connectivity index (χ4n) is 3.38. The number of thioether (sulfide) groups is 1. The van der Waals surface area contributed by atoms with E-state index in [1.54, 1.807) is 11.8 Å². The minimum absolute atomic E-state index is 0.0208. The van der Waals surface area contributed by atoms with Crippen molar-refractivity contribution in [1.29, 1.82) is 0 Å². The van der Waals surface area contributed by atoms with Gasteiger partial charge in [-0.3, -0.25) is 9.36 Å². The van der Waals surface area contributed by atoms with E-state index >= 15 is 0 Å². The van der Waals surface area contributed by atoms with Crippen LogP contribution < -0.4 is 5.32 Å². The van der Waals surface area contributed by atoms with Crippen LogP contribution in [0.5, 0.6) is 0 Å². The second-order valence-corrected chi connectivity index (χ2v) is 10.3. The summed E-state index contributed by atoms with van der Waals surface area (Å²) in [6.45, 7) is 12.3. The van der Waals surface area contributed by atoms with Crippen molar-refractivity contribution < 1.29 is 4.79 Å². The van der Waals surface area contributed by atoms with Gasteiger partial charge in [-0.15, -0.1) is 10.2 Å². The van der Waals surface area contributed by atoms with E-state index in [-0.39, 0.29) is 17.4 Å². The molecular formula is C25H32N4OS. The van der Waals surface area contributed by atoms with Crippen LogP contribution in [-0.2, 0) is 10.5 Å². The minimum Gasteiger partial charge on any atom is -0.346 e. The molecule has 0 aliphatic carbocycles. The fraction of sp³-hybridized carbons (Fsp3) is 0.400. The van der Waals surface area contributed by atoms with Gasteiger partial charge in [0.15, 0.2) is 11.0 Å². The van der Waals surface area contributed by atoms with Crippen LogP contribution >= 0.6 is 11.8 Å². The molecule has 3 aromatic rings. The largest absolute Gasteiger partial charge is 0.346 e. The molecule has 0 radical (unpaired) electrons. The van der Waals surface area contributed by atoms with Crippen LogP contribution in [-0.4, -0.2) is 20.7 Å². The van der Waals surface area contributed by atoms with Crippen LogP contribution in [0, 0.1) is 19.3 Å². The molecule has 1 N–H and O–H groups in total. The number of hydrogen-bond donors (Lipinski definition) is 1. The van der Waals surface area contributed by atoms with Crippen molar-refractivity contribution in [3.63, 3.8) is 0 Å². The molecule has 0 bridgehead atoms. The maximum atomic E-state index is 12.5. The van der Waals surface area contributed by atoms with Gasteiger partial charge in [-0.2, -0.15) is 0 Å². The molecule has 164 valence electrons. The van der Waals surface area contributed by atoms with Crippen molar-refractivity contribution in [3.8, 4) is 5.69 Å². The smallest absolute Gasteiger partial charge is 0.221 e. The summed E-state index contributed by atoms with van der Waals surface area (Å²) in [5.41, 5.74) is 4.61. The van der Waals surface area contributed by atoms with Gasteiger partial charge >= 0.3 is 0 Å². The Labute approximate surface area is 189 Å². The minimum atomic E-state index is -0.253. The first-order valence-corrected chi connectivity index (χ1v) is 11.6. The summed E-state index contributed by atoms with van der Waals surface area (Å²) in [6.07, 6.45) is 0.463. The Bertz CT molecular complexity index is 1030. The van der Waals surface area contributed by atoms with E-state index in [9.17, 15) is 4.79 Å². The predicted octanol–water partition coefficient (Wildman–Crippen LogP) is 5.79. The highest BCUT2D eigenvalue weighted by atomic mass is 32.2. The number of nitrogens with one attached hydrogen (secondary N) is 1. The van der Waals surface area contributed by atoms with Gasteiger partial charge in [-0.1, -0.05) is 80.1 Å². The number of rotatable bonds is 7. The van der Waals surface area contributed by atoms with Gasteiger partial charge < -0.3 is 5.32 Å². The average Bonchev–Trinajstić information content (AvgIpc) is 3.09. The van der Waals surface area contributed by atoms with Crippen LogP contribution in [0.15, 0.2) is 53.7 Å². The maximum absolute atomic E-state index is 12.5. The SMILES string of the molecule is Cc1ccc(-n2c(SCc3cccc(C)c3)nnc2C(C)NC(=O)CC(C)(C)C)cc1. The van der Waals surface area contributed by atoms with Crippen LogP contribution in [0.25, 0.3) is 5.69 Å². The lowest BCUT2D eigenvalue weighted by molar-refractivity contribution is -0.123. The van der Waals surface area contributed by atoms with Crippen LogP contribution in [0.1, 0.15) is 62.7 Å². The van der Waals surface area contributed by atoms with E-state index in [0.717, 1.165) is 22.4 Å². The predicted molar refractivity (Wildman–Crippen MR) is 127 cm³/mol. The first kappa shape index (κ1) is 23.1. The molecule has 1 atom stereocenters. The topological polar surface area (TPSA) is 59.8 Å². The normalized spacial score (nSPS) is 12.6. The first-order chi connectivity index (χ1) is 14.6.